The summed E-state index contributed by atoms with van der Waals surface area (Å²) in [4.78, 5) is 26.0. The number of hydrogen-bond donors (Lipinski definition) is 3. The fraction of sp³-hybridized carbons (Fsp3) is 0.857. The Labute approximate surface area is 119 Å². The van der Waals surface area contributed by atoms with Crippen LogP contribution in [0.15, 0.2) is 0 Å². The molecule has 1 amide bonds. The van der Waals surface area contributed by atoms with E-state index >= 15 is 0 Å². The second-order valence-electron chi connectivity index (χ2n) is 6.93. The van der Waals surface area contributed by atoms with Crippen LogP contribution in [0.2, 0.25) is 0 Å². The van der Waals surface area contributed by atoms with E-state index in [1.54, 1.807) is 0 Å². The van der Waals surface area contributed by atoms with Crippen molar-refractivity contribution >= 4 is 11.9 Å². The lowest BCUT2D eigenvalue weighted by molar-refractivity contribution is -0.172. The Morgan fingerprint density at radius 3 is 2.30 bits per heavy atom. The highest BCUT2D eigenvalue weighted by atomic mass is 16.4. The van der Waals surface area contributed by atoms with Crippen molar-refractivity contribution < 1.29 is 19.8 Å². The number of likely N-dealkylation sites (tertiary alicyclic amines) is 1. The van der Waals surface area contributed by atoms with Crippen molar-refractivity contribution in [3.8, 4) is 0 Å². The third-order valence-corrected chi connectivity index (χ3v) is 4.81. The Bertz CT molecular complexity index is 423. The molecule has 2 aliphatic heterocycles. The van der Waals surface area contributed by atoms with E-state index in [4.69, 9.17) is 0 Å². The number of nitrogens with one attached hydrogen (secondary N) is 1. The number of carboxylic acid groups (broad SMARTS) is 1. The van der Waals surface area contributed by atoms with Gasteiger partial charge in [0.15, 0.2) is 5.54 Å². The van der Waals surface area contributed by atoms with Crippen molar-refractivity contribution in [1.29, 1.82) is 0 Å². The summed E-state index contributed by atoms with van der Waals surface area (Å²) in [6.07, 6.45) is 1.40. The number of rotatable bonds is 2. The van der Waals surface area contributed by atoms with Crippen LogP contribution in [-0.2, 0) is 9.59 Å². The van der Waals surface area contributed by atoms with Gasteiger partial charge >= 0.3 is 5.97 Å². The van der Waals surface area contributed by atoms with Gasteiger partial charge in [-0.3, -0.25) is 4.79 Å². The number of piperidine rings is 1. The summed E-state index contributed by atoms with van der Waals surface area (Å²) in [7, 11) is 0. The second-order valence-corrected chi connectivity index (χ2v) is 6.93. The minimum atomic E-state index is -1.51. The number of carboxylic acids is 1. The van der Waals surface area contributed by atoms with Gasteiger partial charge in [-0.1, -0.05) is 0 Å². The second kappa shape index (κ2) is 4.70. The summed E-state index contributed by atoms with van der Waals surface area (Å²) >= 11 is 0. The molecule has 0 radical (unpaired) electrons. The van der Waals surface area contributed by atoms with Crippen LogP contribution in [0, 0.1) is 5.41 Å². The van der Waals surface area contributed by atoms with Gasteiger partial charge in [-0.15, -0.1) is 0 Å². The van der Waals surface area contributed by atoms with Gasteiger partial charge in [0.1, 0.15) is 0 Å². The first-order valence-corrected chi connectivity index (χ1v) is 7.09. The third kappa shape index (κ3) is 1.85. The zero-order chi connectivity index (χ0) is 15.2. The molecule has 0 aromatic carbocycles. The fourth-order valence-corrected chi connectivity index (χ4v) is 4.04. The molecule has 0 aromatic heterocycles. The molecule has 0 aliphatic carbocycles. The molecule has 0 saturated carbocycles. The number of carbonyl (C=O) groups is 2. The van der Waals surface area contributed by atoms with Crippen molar-refractivity contribution in [2.75, 3.05) is 19.7 Å². The summed E-state index contributed by atoms with van der Waals surface area (Å²) < 4.78 is 0. The van der Waals surface area contributed by atoms with Crippen LogP contribution in [0.5, 0.6) is 0 Å². The van der Waals surface area contributed by atoms with Crippen molar-refractivity contribution in [3.05, 3.63) is 0 Å². The Kier molecular flexibility index (Phi) is 3.59. The van der Waals surface area contributed by atoms with Crippen LogP contribution < -0.4 is 5.32 Å². The van der Waals surface area contributed by atoms with E-state index in [0.717, 1.165) is 0 Å². The van der Waals surface area contributed by atoms with E-state index in [9.17, 15) is 19.8 Å². The lowest BCUT2D eigenvalue weighted by Crippen LogP contribution is -2.68. The van der Waals surface area contributed by atoms with Crippen molar-refractivity contribution in [1.82, 2.24) is 10.2 Å². The molecule has 6 heteroatoms. The Morgan fingerprint density at radius 1 is 1.35 bits per heavy atom. The first-order valence-electron chi connectivity index (χ1n) is 7.09. The molecule has 20 heavy (non-hydrogen) atoms. The van der Waals surface area contributed by atoms with Gasteiger partial charge in [0.05, 0.1) is 6.61 Å². The molecule has 1 atom stereocenters. The smallest absolute Gasteiger partial charge is 0.332 e. The summed E-state index contributed by atoms with van der Waals surface area (Å²) in [5.41, 5.74) is -2.82. The van der Waals surface area contributed by atoms with Gasteiger partial charge in [0, 0.05) is 17.4 Å². The highest BCUT2D eigenvalue weighted by molar-refractivity contribution is 5.93. The lowest BCUT2D eigenvalue weighted by atomic mass is 9.64. The van der Waals surface area contributed by atoms with E-state index in [0.29, 0.717) is 25.9 Å². The predicted octanol–water partition coefficient (Wildman–Crippen LogP) is 0.203. The Morgan fingerprint density at radius 2 is 1.90 bits per heavy atom. The van der Waals surface area contributed by atoms with Crippen LogP contribution >= 0.6 is 0 Å². The lowest BCUT2D eigenvalue weighted by Gasteiger charge is -2.51. The SMILES string of the molecule is CC(C)(C)N1C(=O)CC2(CCNCC2)C1(CO)C(=O)O. The Hall–Kier alpha value is -1.14. The standard InChI is InChI=1S/C14H24N2O4/c1-12(2,3)16-10(18)8-13(4-6-15-7-5-13)14(16,9-17)11(19)20/h15,17H,4-9H2,1-3H3,(H,19,20). The van der Waals surface area contributed by atoms with Crippen LogP contribution in [0.1, 0.15) is 40.0 Å². The molecular formula is C14H24N2O4. The minimum Gasteiger partial charge on any atom is -0.479 e. The van der Waals surface area contributed by atoms with Crippen LogP contribution in [-0.4, -0.2) is 57.8 Å². The van der Waals surface area contributed by atoms with Crippen LogP contribution in [0.3, 0.4) is 0 Å². The topological polar surface area (TPSA) is 89.9 Å². The first kappa shape index (κ1) is 15.3. The molecule has 0 aromatic rings. The maximum absolute atomic E-state index is 12.5. The number of hydrogen-bond acceptors (Lipinski definition) is 4. The number of nitrogens with zero attached hydrogens (tertiary/aromatic N) is 1. The summed E-state index contributed by atoms with van der Waals surface area (Å²) in [5.74, 6) is -1.27. The minimum absolute atomic E-state index is 0.171. The number of aliphatic hydroxyl groups excluding tert-OH is 1. The molecular weight excluding hydrogens is 260 g/mol. The highest BCUT2D eigenvalue weighted by Gasteiger charge is 2.68. The zero-order valence-electron chi connectivity index (χ0n) is 12.4. The molecule has 2 aliphatic rings. The average molecular weight is 284 g/mol. The molecule has 2 heterocycles. The normalized spacial score (nSPS) is 30.0. The van der Waals surface area contributed by atoms with Crippen LogP contribution in [0.25, 0.3) is 0 Å². The van der Waals surface area contributed by atoms with Crippen molar-refractivity contribution in [2.45, 2.75) is 51.1 Å². The number of amides is 1. The van der Waals surface area contributed by atoms with Crippen molar-refractivity contribution in [2.24, 2.45) is 5.41 Å². The molecule has 1 unspecified atom stereocenters. The van der Waals surface area contributed by atoms with Gasteiger partial charge < -0.3 is 20.4 Å². The number of carbonyl (C=O) groups excluding carboxylic acids is 1. The van der Waals surface area contributed by atoms with E-state index in [-0.39, 0.29) is 12.3 Å². The van der Waals surface area contributed by atoms with E-state index in [1.807, 2.05) is 20.8 Å². The quantitative estimate of drug-likeness (QED) is 0.674. The van der Waals surface area contributed by atoms with Crippen molar-refractivity contribution in [3.63, 3.8) is 0 Å². The number of aliphatic hydroxyl groups is 1. The average Bonchev–Trinajstić information content (AvgIpc) is 2.58. The Balaban J connectivity index is 2.60. The van der Waals surface area contributed by atoms with Crippen LogP contribution in [0.4, 0.5) is 0 Å². The maximum atomic E-state index is 12.5. The number of aliphatic carboxylic acids is 1. The van der Waals surface area contributed by atoms with E-state index < -0.39 is 29.1 Å². The predicted molar refractivity (Wildman–Crippen MR) is 73.2 cm³/mol. The summed E-state index contributed by atoms with van der Waals surface area (Å²) in [6.45, 7) is 6.28. The summed E-state index contributed by atoms with van der Waals surface area (Å²) in [6, 6.07) is 0. The van der Waals surface area contributed by atoms with Gasteiger partial charge in [-0.2, -0.15) is 0 Å². The van der Waals surface area contributed by atoms with E-state index in [1.165, 1.54) is 4.90 Å². The molecule has 6 nitrogen and oxygen atoms in total. The zero-order valence-corrected chi connectivity index (χ0v) is 12.4. The molecule has 3 N–H and O–H groups in total. The molecule has 2 rings (SSSR count). The monoisotopic (exact) mass is 284 g/mol. The first-order chi connectivity index (χ1) is 9.21. The molecule has 0 bridgehead atoms. The van der Waals surface area contributed by atoms with Gasteiger partial charge in [0.2, 0.25) is 5.91 Å². The fourth-order valence-electron chi connectivity index (χ4n) is 4.04. The highest BCUT2D eigenvalue weighted by Crippen LogP contribution is 2.54. The largest absolute Gasteiger partial charge is 0.479 e. The summed E-state index contributed by atoms with van der Waals surface area (Å²) in [5, 5.41) is 23.0. The van der Waals surface area contributed by atoms with Gasteiger partial charge in [0.25, 0.3) is 0 Å². The van der Waals surface area contributed by atoms with Gasteiger partial charge in [-0.05, 0) is 46.7 Å². The third-order valence-electron chi connectivity index (χ3n) is 4.81. The molecule has 2 saturated heterocycles. The van der Waals surface area contributed by atoms with E-state index in [2.05, 4.69) is 5.32 Å². The maximum Gasteiger partial charge on any atom is 0.332 e. The molecule has 1 spiro atoms. The molecule has 114 valence electrons. The van der Waals surface area contributed by atoms with Gasteiger partial charge in [-0.25, -0.2) is 4.79 Å². The molecule has 2 fully saturated rings.